The van der Waals surface area contributed by atoms with Crippen LogP contribution in [0.5, 0.6) is 0 Å². The van der Waals surface area contributed by atoms with Crippen molar-refractivity contribution in [2.75, 3.05) is 4.90 Å². The summed E-state index contributed by atoms with van der Waals surface area (Å²) < 4.78 is 1.94. The third kappa shape index (κ3) is 4.67. The molecule has 1 aliphatic heterocycles. The Morgan fingerprint density at radius 1 is 1.03 bits per heavy atom. The highest BCUT2D eigenvalue weighted by Crippen LogP contribution is 2.37. The topological polar surface area (TPSA) is 71.4 Å². The van der Waals surface area contributed by atoms with Gasteiger partial charge in [0.25, 0.3) is 11.1 Å². The standard InChI is InChI=1S/C27H23N3O3S2/c1-2-18-8-6-12-22-19(14-23-26(32)30(27(33)35-23)20-9-4-3-5-10-20)16-29(25(18)22)17-24(31)28-15-21-11-7-13-34-21/h3-14,16H,2,15,17H2,1H3,(H,28,31)/b23-14-. The molecular formula is C27H23N3O3S2. The van der Waals surface area contributed by atoms with Gasteiger partial charge in [-0.25, -0.2) is 4.90 Å². The van der Waals surface area contributed by atoms with Crippen LogP contribution in [0.4, 0.5) is 10.5 Å². The molecule has 1 fully saturated rings. The number of nitrogens with one attached hydrogen (secondary N) is 1. The van der Waals surface area contributed by atoms with Crippen LogP contribution < -0.4 is 10.2 Å². The molecular weight excluding hydrogens is 478 g/mol. The maximum absolute atomic E-state index is 13.1. The first-order valence-electron chi connectivity index (χ1n) is 11.3. The third-order valence-electron chi connectivity index (χ3n) is 5.84. The second kappa shape index (κ2) is 9.93. The minimum atomic E-state index is -0.340. The number of hydrogen-bond acceptors (Lipinski definition) is 5. The Bertz CT molecular complexity index is 1440. The van der Waals surface area contributed by atoms with Crippen molar-refractivity contribution in [1.82, 2.24) is 9.88 Å². The molecule has 5 rings (SSSR count). The second-order valence-electron chi connectivity index (χ2n) is 8.09. The monoisotopic (exact) mass is 501 g/mol. The highest BCUT2D eigenvalue weighted by Gasteiger charge is 2.36. The number of aryl methyl sites for hydroxylation is 1. The number of rotatable bonds is 7. The predicted molar refractivity (Wildman–Crippen MR) is 142 cm³/mol. The number of aromatic nitrogens is 1. The fourth-order valence-corrected chi connectivity index (χ4v) is 5.69. The molecule has 1 N–H and O–H groups in total. The fourth-order valence-electron chi connectivity index (χ4n) is 4.21. The van der Waals surface area contributed by atoms with E-state index in [1.807, 2.05) is 46.5 Å². The lowest BCUT2D eigenvalue weighted by Crippen LogP contribution is -2.27. The predicted octanol–water partition coefficient (Wildman–Crippen LogP) is 5.82. The molecule has 176 valence electrons. The van der Waals surface area contributed by atoms with Crippen molar-refractivity contribution in [2.45, 2.75) is 26.4 Å². The summed E-state index contributed by atoms with van der Waals surface area (Å²) >= 11 is 2.54. The molecule has 6 nitrogen and oxygen atoms in total. The van der Waals surface area contributed by atoms with E-state index in [1.165, 1.54) is 4.90 Å². The average Bonchev–Trinajstić information content (AvgIpc) is 3.57. The largest absolute Gasteiger partial charge is 0.350 e. The number of nitrogens with zero attached hydrogens (tertiary/aromatic N) is 2. The summed E-state index contributed by atoms with van der Waals surface area (Å²) in [5.74, 6) is -0.426. The van der Waals surface area contributed by atoms with Crippen molar-refractivity contribution in [1.29, 1.82) is 0 Å². The van der Waals surface area contributed by atoms with Crippen LogP contribution in [0.15, 0.2) is 77.1 Å². The van der Waals surface area contributed by atoms with Crippen LogP contribution in [0, 0.1) is 0 Å². The second-order valence-corrected chi connectivity index (χ2v) is 10.1. The first-order chi connectivity index (χ1) is 17.0. The molecule has 3 heterocycles. The zero-order valence-electron chi connectivity index (χ0n) is 19.1. The molecule has 4 aromatic rings. The Labute approximate surface area is 211 Å². The summed E-state index contributed by atoms with van der Waals surface area (Å²) in [6.45, 7) is 2.74. The Balaban J connectivity index is 1.47. The maximum atomic E-state index is 13.1. The van der Waals surface area contributed by atoms with E-state index in [0.29, 0.717) is 17.1 Å². The van der Waals surface area contributed by atoms with Crippen molar-refractivity contribution in [3.05, 3.63) is 93.1 Å². The summed E-state index contributed by atoms with van der Waals surface area (Å²) in [6, 6.07) is 18.9. The average molecular weight is 502 g/mol. The van der Waals surface area contributed by atoms with Gasteiger partial charge in [-0.05, 0) is 53.4 Å². The number of imide groups is 1. The van der Waals surface area contributed by atoms with Crippen molar-refractivity contribution < 1.29 is 14.4 Å². The van der Waals surface area contributed by atoms with Gasteiger partial charge in [-0.1, -0.05) is 49.4 Å². The fraction of sp³-hybridized carbons (Fsp3) is 0.148. The molecule has 2 aromatic carbocycles. The highest BCUT2D eigenvalue weighted by molar-refractivity contribution is 8.19. The molecule has 0 saturated carbocycles. The Kier molecular flexibility index (Phi) is 6.57. The molecule has 3 amide bonds. The number of thioether (sulfide) groups is 1. The van der Waals surface area contributed by atoms with E-state index in [1.54, 1.807) is 41.7 Å². The van der Waals surface area contributed by atoms with Crippen LogP contribution in [-0.4, -0.2) is 21.6 Å². The number of carbonyl (C=O) groups excluding carboxylic acids is 3. The molecule has 0 radical (unpaired) electrons. The number of amides is 3. The molecule has 0 atom stereocenters. The van der Waals surface area contributed by atoms with E-state index in [0.717, 1.165) is 45.1 Å². The van der Waals surface area contributed by atoms with E-state index in [4.69, 9.17) is 0 Å². The molecule has 0 aliphatic carbocycles. The zero-order chi connectivity index (χ0) is 24.4. The number of anilines is 1. The summed E-state index contributed by atoms with van der Waals surface area (Å²) in [4.78, 5) is 41.2. The maximum Gasteiger partial charge on any atom is 0.298 e. The molecule has 2 aromatic heterocycles. The lowest BCUT2D eigenvalue weighted by Gasteiger charge is -2.11. The number of thiophene rings is 1. The van der Waals surface area contributed by atoms with Crippen molar-refractivity contribution in [2.24, 2.45) is 0 Å². The first-order valence-corrected chi connectivity index (χ1v) is 13.0. The van der Waals surface area contributed by atoms with Crippen molar-refractivity contribution in [3.63, 3.8) is 0 Å². The van der Waals surface area contributed by atoms with Crippen LogP contribution in [0.25, 0.3) is 17.0 Å². The van der Waals surface area contributed by atoms with Gasteiger partial charge in [0.2, 0.25) is 5.91 Å². The van der Waals surface area contributed by atoms with Gasteiger partial charge in [-0.2, -0.15) is 0 Å². The van der Waals surface area contributed by atoms with Gasteiger partial charge in [0.05, 0.1) is 22.7 Å². The molecule has 1 aliphatic rings. The normalized spacial score (nSPS) is 14.9. The van der Waals surface area contributed by atoms with E-state index >= 15 is 0 Å². The molecule has 0 bridgehead atoms. The molecule has 35 heavy (non-hydrogen) atoms. The first kappa shape index (κ1) is 23.1. The van der Waals surface area contributed by atoms with Gasteiger partial charge < -0.3 is 9.88 Å². The lowest BCUT2D eigenvalue weighted by atomic mass is 10.1. The van der Waals surface area contributed by atoms with Crippen LogP contribution in [-0.2, 0) is 29.1 Å². The summed E-state index contributed by atoms with van der Waals surface area (Å²) in [7, 11) is 0. The number of benzene rings is 2. The molecule has 8 heteroatoms. The third-order valence-corrected chi connectivity index (χ3v) is 7.59. The molecule has 0 spiro atoms. The SMILES string of the molecule is CCc1cccc2c(/C=C3\SC(=O)N(c4ccccc4)C3=O)cn(CC(=O)NCc3cccs3)c12. The van der Waals surface area contributed by atoms with Gasteiger partial charge in [0.1, 0.15) is 6.54 Å². The summed E-state index contributed by atoms with van der Waals surface area (Å²) in [6.07, 6.45) is 4.46. The zero-order valence-corrected chi connectivity index (χ0v) is 20.7. The summed E-state index contributed by atoms with van der Waals surface area (Å²) in [5, 5.41) is 5.59. The van der Waals surface area contributed by atoms with Gasteiger partial charge in [-0.3, -0.25) is 14.4 Å². The Morgan fingerprint density at radius 3 is 2.60 bits per heavy atom. The molecule has 0 unspecified atom stereocenters. The van der Waals surface area contributed by atoms with Gasteiger partial charge >= 0.3 is 0 Å². The van der Waals surface area contributed by atoms with Crippen molar-refractivity contribution >= 4 is 62.8 Å². The van der Waals surface area contributed by atoms with Crippen LogP contribution >= 0.6 is 23.1 Å². The van der Waals surface area contributed by atoms with E-state index in [2.05, 4.69) is 18.3 Å². The number of carbonyl (C=O) groups is 3. The van der Waals surface area contributed by atoms with E-state index in [9.17, 15) is 14.4 Å². The van der Waals surface area contributed by atoms with Gasteiger partial charge in [0, 0.05) is 22.0 Å². The lowest BCUT2D eigenvalue weighted by molar-refractivity contribution is -0.121. The van der Waals surface area contributed by atoms with Gasteiger partial charge in [-0.15, -0.1) is 11.3 Å². The Hall–Kier alpha value is -3.62. The van der Waals surface area contributed by atoms with Crippen LogP contribution in [0.2, 0.25) is 0 Å². The van der Waals surface area contributed by atoms with E-state index in [-0.39, 0.29) is 23.6 Å². The number of fused-ring (bicyclic) bond motifs is 1. The minimum Gasteiger partial charge on any atom is -0.350 e. The quantitative estimate of drug-likeness (QED) is 0.324. The van der Waals surface area contributed by atoms with Crippen LogP contribution in [0.3, 0.4) is 0 Å². The summed E-state index contributed by atoms with van der Waals surface area (Å²) in [5.41, 5.74) is 3.44. The van der Waals surface area contributed by atoms with Crippen molar-refractivity contribution in [3.8, 4) is 0 Å². The minimum absolute atomic E-state index is 0.0860. The highest BCUT2D eigenvalue weighted by atomic mass is 32.2. The van der Waals surface area contributed by atoms with Gasteiger partial charge in [0.15, 0.2) is 0 Å². The smallest absolute Gasteiger partial charge is 0.298 e. The van der Waals surface area contributed by atoms with Crippen LogP contribution in [0.1, 0.15) is 22.9 Å². The number of hydrogen-bond donors (Lipinski definition) is 1. The van der Waals surface area contributed by atoms with E-state index < -0.39 is 0 Å². The number of para-hydroxylation sites is 2. The molecule has 1 saturated heterocycles. The Morgan fingerprint density at radius 2 is 1.86 bits per heavy atom.